The van der Waals surface area contributed by atoms with Gasteiger partial charge in [0.25, 0.3) is 0 Å². The van der Waals surface area contributed by atoms with E-state index in [9.17, 15) is 9.59 Å². The monoisotopic (exact) mass is 484 g/mol. The topological polar surface area (TPSA) is 86.2 Å². The number of unbranched alkanes of at least 4 members (excludes halogenated alkanes) is 19. The Morgan fingerprint density at radius 3 is 0.735 bits per heavy atom. The van der Waals surface area contributed by atoms with Crippen LogP contribution in [0.3, 0.4) is 0 Å². The lowest BCUT2D eigenvalue weighted by Crippen LogP contribution is -2.09. The Balaban J connectivity index is -0.000000458. The van der Waals surface area contributed by atoms with Crippen molar-refractivity contribution >= 4 is 11.8 Å². The second kappa shape index (κ2) is 36.5. The molecule has 34 heavy (non-hydrogen) atoms. The Bertz CT molecular complexity index is 350. The largest absolute Gasteiger partial charge is 0.370 e. The first-order valence-electron chi connectivity index (χ1n) is 15.0. The molecule has 0 aromatic heterocycles. The van der Waals surface area contributed by atoms with E-state index in [-0.39, 0.29) is 11.8 Å². The van der Waals surface area contributed by atoms with Crippen molar-refractivity contribution < 1.29 is 9.59 Å². The summed E-state index contributed by atoms with van der Waals surface area (Å²) in [6, 6.07) is 0. The SMILES string of the molecule is CCCCCC.CCCCCCCCCCCC(N)=O.CCCCCCCCCCCC(N)=O. The third kappa shape index (κ3) is 48.4. The summed E-state index contributed by atoms with van der Waals surface area (Å²) in [6.45, 7) is 8.94. The zero-order valence-electron chi connectivity index (χ0n) is 23.9. The molecule has 0 aliphatic carbocycles. The highest BCUT2D eigenvalue weighted by Gasteiger charge is 1.96. The van der Waals surface area contributed by atoms with E-state index in [0.717, 1.165) is 25.7 Å². The van der Waals surface area contributed by atoms with Crippen molar-refractivity contribution in [1.29, 1.82) is 0 Å². The molecule has 0 aromatic rings. The average Bonchev–Trinajstić information content (AvgIpc) is 2.81. The Hall–Kier alpha value is -1.06. The number of nitrogens with two attached hydrogens (primary N) is 2. The molecule has 0 atom stereocenters. The van der Waals surface area contributed by atoms with Crippen LogP contribution in [0, 0.1) is 0 Å². The van der Waals surface area contributed by atoms with Gasteiger partial charge in [0.2, 0.25) is 11.8 Å². The van der Waals surface area contributed by atoms with Crippen molar-refractivity contribution in [2.24, 2.45) is 11.5 Å². The molecule has 0 fully saturated rings. The predicted octanol–water partition coefficient (Wildman–Crippen LogP) is 9.37. The summed E-state index contributed by atoms with van der Waals surface area (Å²) in [5.41, 5.74) is 10.1. The van der Waals surface area contributed by atoms with Gasteiger partial charge in [0.1, 0.15) is 0 Å². The molecule has 0 saturated carbocycles. The van der Waals surface area contributed by atoms with Gasteiger partial charge in [0, 0.05) is 12.8 Å². The van der Waals surface area contributed by atoms with E-state index in [4.69, 9.17) is 11.5 Å². The predicted molar refractivity (Wildman–Crippen MR) is 152 cm³/mol. The minimum atomic E-state index is -0.159. The Morgan fingerprint density at radius 2 is 0.529 bits per heavy atom. The second-order valence-corrected chi connectivity index (χ2v) is 9.80. The molecule has 0 spiro atoms. The summed E-state index contributed by atoms with van der Waals surface area (Å²) in [5.74, 6) is -0.319. The van der Waals surface area contributed by atoms with Gasteiger partial charge in [-0.25, -0.2) is 0 Å². The summed E-state index contributed by atoms with van der Waals surface area (Å²) >= 11 is 0. The maximum atomic E-state index is 10.4. The lowest BCUT2D eigenvalue weighted by molar-refractivity contribution is -0.119. The van der Waals surface area contributed by atoms with Crippen molar-refractivity contribution in [2.45, 2.75) is 182 Å². The highest BCUT2D eigenvalue weighted by Crippen LogP contribution is 2.11. The molecule has 0 aliphatic rings. The molecule has 0 rings (SSSR count). The van der Waals surface area contributed by atoms with Crippen LogP contribution in [0.2, 0.25) is 0 Å². The fraction of sp³-hybridized carbons (Fsp3) is 0.933. The zero-order valence-corrected chi connectivity index (χ0v) is 23.9. The number of carbonyl (C=O) groups is 2. The van der Waals surface area contributed by atoms with Crippen LogP contribution in [0.15, 0.2) is 0 Å². The molecule has 0 aromatic carbocycles. The van der Waals surface area contributed by atoms with Gasteiger partial charge >= 0.3 is 0 Å². The Labute approximate surface area is 214 Å². The average molecular weight is 485 g/mol. The third-order valence-corrected chi connectivity index (χ3v) is 6.01. The number of carbonyl (C=O) groups excluding carboxylic acids is 2. The standard InChI is InChI=1S/2C12H25NO.C6H14/c2*1-2-3-4-5-6-7-8-9-10-11-12(13)14;1-3-5-6-4-2/h2*2-11H2,1H3,(H2,13,14);3-6H2,1-2H3. The van der Waals surface area contributed by atoms with Crippen molar-refractivity contribution in [1.82, 2.24) is 0 Å². The zero-order chi connectivity index (χ0) is 26.1. The maximum Gasteiger partial charge on any atom is 0.217 e. The van der Waals surface area contributed by atoms with E-state index in [1.165, 1.54) is 116 Å². The molecule has 0 saturated heterocycles. The van der Waals surface area contributed by atoms with Crippen LogP contribution >= 0.6 is 0 Å². The van der Waals surface area contributed by atoms with Crippen molar-refractivity contribution in [2.75, 3.05) is 0 Å². The number of hydrogen-bond donors (Lipinski definition) is 2. The summed E-state index contributed by atoms with van der Waals surface area (Å²) in [4.78, 5) is 20.9. The molecule has 0 aliphatic heterocycles. The lowest BCUT2D eigenvalue weighted by Gasteiger charge is -2.00. The first-order valence-corrected chi connectivity index (χ1v) is 15.0. The minimum Gasteiger partial charge on any atom is -0.370 e. The van der Waals surface area contributed by atoms with Crippen LogP contribution in [0.25, 0.3) is 0 Å². The maximum absolute atomic E-state index is 10.4. The van der Waals surface area contributed by atoms with Crippen molar-refractivity contribution in [3.8, 4) is 0 Å². The molecule has 0 heterocycles. The van der Waals surface area contributed by atoms with Gasteiger partial charge in [-0.1, -0.05) is 156 Å². The summed E-state index contributed by atoms with van der Waals surface area (Å²) in [7, 11) is 0. The second-order valence-electron chi connectivity index (χ2n) is 9.80. The smallest absolute Gasteiger partial charge is 0.217 e. The van der Waals surface area contributed by atoms with E-state index in [0.29, 0.717) is 12.8 Å². The molecule has 206 valence electrons. The van der Waals surface area contributed by atoms with Gasteiger partial charge < -0.3 is 11.5 Å². The summed E-state index contributed by atoms with van der Waals surface area (Å²) in [6.07, 6.45) is 29.8. The first-order chi connectivity index (χ1) is 16.5. The van der Waals surface area contributed by atoms with Crippen LogP contribution < -0.4 is 11.5 Å². The van der Waals surface area contributed by atoms with E-state index >= 15 is 0 Å². The fourth-order valence-electron chi connectivity index (χ4n) is 3.72. The van der Waals surface area contributed by atoms with Gasteiger partial charge in [-0.2, -0.15) is 0 Å². The van der Waals surface area contributed by atoms with Gasteiger partial charge in [-0.3, -0.25) is 9.59 Å². The van der Waals surface area contributed by atoms with E-state index in [2.05, 4.69) is 27.7 Å². The van der Waals surface area contributed by atoms with Crippen LogP contribution in [-0.2, 0) is 9.59 Å². The van der Waals surface area contributed by atoms with Crippen LogP contribution in [0.1, 0.15) is 182 Å². The van der Waals surface area contributed by atoms with Crippen LogP contribution in [-0.4, -0.2) is 11.8 Å². The number of hydrogen-bond acceptors (Lipinski definition) is 2. The van der Waals surface area contributed by atoms with Crippen LogP contribution in [0.5, 0.6) is 0 Å². The summed E-state index contributed by atoms with van der Waals surface area (Å²) in [5, 5.41) is 0. The van der Waals surface area contributed by atoms with Crippen molar-refractivity contribution in [3.63, 3.8) is 0 Å². The van der Waals surface area contributed by atoms with E-state index < -0.39 is 0 Å². The molecule has 2 amide bonds. The molecule has 0 unspecified atom stereocenters. The van der Waals surface area contributed by atoms with Gasteiger partial charge in [0.05, 0.1) is 0 Å². The van der Waals surface area contributed by atoms with Gasteiger partial charge in [-0.05, 0) is 12.8 Å². The molecule has 0 radical (unpaired) electrons. The Kier molecular flexibility index (Phi) is 40.3. The number of rotatable bonds is 23. The normalized spacial score (nSPS) is 10.1. The summed E-state index contributed by atoms with van der Waals surface area (Å²) < 4.78 is 0. The highest BCUT2D eigenvalue weighted by atomic mass is 16.1. The molecular weight excluding hydrogens is 420 g/mol. The lowest BCUT2D eigenvalue weighted by atomic mass is 10.1. The van der Waals surface area contributed by atoms with Crippen molar-refractivity contribution in [3.05, 3.63) is 0 Å². The molecule has 0 bridgehead atoms. The fourth-order valence-corrected chi connectivity index (χ4v) is 3.72. The van der Waals surface area contributed by atoms with E-state index in [1.54, 1.807) is 0 Å². The van der Waals surface area contributed by atoms with Crippen LogP contribution in [0.4, 0.5) is 0 Å². The van der Waals surface area contributed by atoms with E-state index in [1.807, 2.05) is 0 Å². The quantitative estimate of drug-likeness (QED) is 0.141. The van der Waals surface area contributed by atoms with Gasteiger partial charge in [-0.15, -0.1) is 0 Å². The van der Waals surface area contributed by atoms with Gasteiger partial charge in [0.15, 0.2) is 0 Å². The molecule has 4 heteroatoms. The minimum absolute atomic E-state index is 0.159. The third-order valence-electron chi connectivity index (χ3n) is 6.01. The molecule has 4 nitrogen and oxygen atoms in total. The Morgan fingerprint density at radius 1 is 0.353 bits per heavy atom. The molecular formula is C30H64N2O2. The number of amides is 2. The first kappa shape index (κ1) is 37.5. The number of primary amides is 2. The highest BCUT2D eigenvalue weighted by molar-refractivity contribution is 5.73. The molecule has 4 N–H and O–H groups in total.